The predicted octanol–water partition coefficient (Wildman–Crippen LogP) is 3.24. The topological polar surface area (TPSA) is 28.2 Å². The molecule has 1 aliphatic carbocycles. The molecule has 1 heterocycles. The highest BCUT2D eigenvalue weighted by molar-refractivity contribution is 5.11. The normalized spacial score (nSPS) is 18.0. The second-order valence-corrected chi connectivity index (χ2v) is 6.47. The number of rotatable bonds is 9. The SMILES string of the molecule is CCCNC(c1ccc(F)cn1)C(C)CN(C)CC1CC1. The van der Waals surface area contributed by atoms with Crippen LogP contribution in [0.2, 0.25) is 0 Å². The lowest BCUT2D eigenvalue weighted by Crippen LogP contribution is -2.35. The summed E-state index contributed by atoms with van der Waals surface area (Å²) in [7, 11) is 2.20. The average Bonchev–Trinajstić information content (AvgIpc) is 3.24. The maximum absolute atomic E-state index is 13.1. The number of nitrogens with one attached hydrogen (secondary N) is 1. The van der Waals surface area contributed by atoms with Gasteiger partial charge in [-0.2, -0.15) is 0 Å². The van der Waals surface area contributed by atoms with Gasteiger partial charge >= 0.3 is 0 Å². The fourth-order valence-corrected chi connectivity index (χ4v) is 2.88. The first-order valence-corrected chi connectivity index (χ1v) is 8.13. The fraction of sp³-hybridized carbons (Fsp3) is 0.706. The lowest BCUT2D eigenvalue weighted by atomic mass is 9.97. The molecule has 1 saturated carbocycles. The summed E-state index contributed by atoms with van der Waals surface area (Å²) in [5.41, 5.74) is 0.942. The monoisotopic (exact) mass is 293 g/mol. The van der Waals surface area contributed by atoms with Crippen LogP contribution < -0.4 is 5.32 Å². The van der Waals surface area contributed by atoms with Crippen LogP contribution in [-0.2, 0) is 0 Å². The van der Waals surface area contributed by atoms with E-state index in [1.54, 1.807) is 6.07 Å². The van der Waals surface area contributed by atoms with E-state index < -0.39 is 0 Å². The molecule has 0 saturated heterocycles. The zero-order chi connectivity index (χ0) is 15.2. The number of aromatic nitrogens is 1. The van der Waals surface area contributed by atoms with Crippen molar-refractivity contribution in [2.75, 3.05) is 26.7 Å². The van der Waals surface area contributed by atoms with Gasteiger partial charge in [-0.1, -0.05) is 13.8 Å². The highest BCUT2D eigenvalue weighted by atomic mass is 19.1. The van der Waals surface area contributed by atoms with Crippen LogP contribution in [-0.4, -0.2) is 36.6 Å². The summed E-state index contributed by atoms with van der Waals surface area (Å²) in [4.78, 5) is 6.70. The lowest BCUT2D eigenvalue weighted by Gasteiger charge is -2.28. The smallest absolute Gasteiger partial charge is 0.141 e. The van der Waals surface area contributed by atoms with Crippen molar-refractivity contribution in [2.45, 2.75) is 39.2 Å². The summed E-state index contributed by atoms with van der Waals surface area (Å²) in [5.74, 6) is 1.08. The first-order chi connectivity index (χ1) is 10.1. The Labute approximate surface area is 127 Å². The van der Waals surface area contributed by atoms with Crippen molar-refractivity contribution < 1.29 is 4.39 Å². The van der Waals surface area contributed by atoms with Gasteiger partial charge < -0.3 is 10.2 Å². The quantitative estimate of drug-likeness (QED) is 0.757. The van der Waals surface area contributed by atoms with E-state index >= 15 is 0 Å². The third-order valence-electron chi connectivity index (χ3n) is 4.12. The van der Waals surface area contributed by atoms with Gasteiger partial charge in [0.15, 0.2) is 0 Å². The molecule has 2 rings (SSSR count). The van der Waals surface area contributed by atoms with E-state index in [2.05, 4.69) is 36.1 Å². The molecular formula is C17H28FN3. The van der Waals surface area contributed by atoms with Crippen molar-refractivity contribution in [3.63, 3.8) is 0 Å². The molecule has 118 valence electrons. The van der Waals surface area contributed by atoms with Crippen LogP contribution in [0.4, 0.5) is 4.39 Å². The number of halogens is 1. The van der Waals surface area contributed by atoms with Gasteiger partial charge in [-0.25, -0.2) is 4.39 Å². The Morgan fingerprint density at radius 2 is 2.19 bits per heavy atom. The maximum Gasteiger partial charge on any atom is 0.141 e. The first kappa shape index (κ1) is 16.4. The Bertz CT molecular complexity index is 417. The molecule has 21 heavy (non-hydrogen) atoms. The minimum Gasteiger partial charge on any atom is -0.308 e. The van der Waals surface area contributed by atoms with Crippen molar-refractivity contribution in [1.29, 1.82) is 0 Å². The molecule has 2 unspecified atom stereocenters. The minimum atomic E-state index is -0.272. The molecule has 4 heteroatoms. The van der Waals surface area contributed by atoms with Gasteiger partial charge in [-0.15, -0.1) is 0 Å². The van der Waals surface area contributed by atoms with E-state index in [9.17, 15) is 4.39 Å². The number of hydrogen-bond donors (Lipinski definition) is 1. The van der Waals surface area contributed by atoms with Gasteiger partial charge in [-0.05, 0) is 56.8 Å². The van der Waals surface area contributed by atoms with Crippen LogP contribution in [0.3, 0.4) is 0 Å². The van der Waals surface area contributed by atoms with E-state index in [4.69, 9.17) is 0 Å². The lowest BCUT2D eigenvalue weighted by molar-refractivity contribution is 0.238. The van der Waals surface area contributed by atoms with E-state index in [0.29, 0.717) is 5.92 Å². The molecule has 0 amide bonds. The van der Waals surface area contributed by atoms with Gasteiger partial charge in [0.1, 0.15) is 5.82 Å². The molecule has 0 aromatic carbocycles. The molecule has 0 bridgehead atoms. The van der Waals surface area contributed by atoms with Gasteiger partial charge in [0.2, 0.25) is 0 Å². The van der Waals surface area contributed by atoms with Crippen LogP contribution >= 0.6 is 0 Å². The van der Waals surface area contributed by atoms with E-state index in [1.165, 1.54) is 31.6 Å². The zero-order valence-corrected chi connectivity index (χ0v) is 13.5. The molecule has 3 nitrogen and oxygen atoms in total. The highest BCUT2D eigenvalue weighted by Gasteiger charge is 2.26. The van der Waals surface area contributed by atoms with Crippen LogP contribution in [0.1, 0.15) is 44.8 Å². The molecule has 0 spiro atoms. The molecule has 1 aromatic rings. The van der Waals surface area contributed by atoms with E-state index in [-0.39, 0.29) is 11.9 Å². The van der Waals surface area contributed by atoms with Crippen molar-refractivity contribution in [2.24, 2.45) is 11.8 Å². The largest absolute Gasteiger partial charge is 0.308 e. The third kappa shape index (κ3) is 5.36. The Morgan fingerprint density at radius 1 is 1.43 bits per heavy atom. The van der Waals surface area contributed by atoms with Crippen LogP contribution in [0.15, 0.2) is 18.3 Å². The second-order valence-electron chi connectivity index (χ2n) is 6.47. The van der Waals surface area contributed by atoms with Gasteiger partial charge in [0.25, 0.3) is 0 Å². The molecule has 2 atom stereocenters. The van der Waals surface area contributed by atoms with E-state index in [0.717, 1.165) is 31.1 Å². The number of hydrogen-bond acceptors (Lipinski definition) is 3. The van der Waals surface area contributed by atoms with Crippen molar-refractivity contribution in [1.82, 2.24) is 15.2 Å². The predicted molar refractivity (Wildman–Crippen MR) is 84.6 cm³/mol. The van der Waals surface area contributed by atoms with Gasteiger partial charge in [0, 0.05) is 13.1 Å². The van der Waals surface area contributed by atoms with Crippen molar-refractivity contribution in [3.05, 3.63) is 29.8 Å². The Morgan fingerprint density at radius 3 is 2.76 bits per heavy atom. The first-order valence-electron chi connectivity index (χ1n) is 8.13. The van der Waals surface area contributed by atoms with Crippen LogP contribution in [0.5, 0.6) is 0 Å². The fourth-order valence-electron chi connectivity index (χ4n) is 2.88. The van der Waals surface area contributed by atoms with Gasteiger partial charge in [0.05, 0.1) is 17.9 Å². The molecular weight excluding hydrogens is 265 g/mol. The average molecular weight is 293 g/mol. The summed E-state index contributed by atoms with van der Waals surface area (Å²) >= 11 is 0. The highest BCUT2D eigenvalue weighted by Crippen LogP contribution is 2.30. The molecule has 1 fully saturated rings. The Kier molecular flexibility index (Phi) is 6.12. The standard InChI is InChI=1S/C17H28FN3/c1-4-9-19-17(16-8-7-15(18)10-20-16)13(2)11-21(3)12-14-5-6-14/h7-8,10,13-14,17,19H,4-6,9,11-12H2,1-3H3. The maximum atomic E-state index is 13.1. The minimum absolute atomic E-state index is 0.187. The number of pyridine rings is 1. The Hall–Kier alpha value is -1.00. The third-order valence-corrected chi connectivity index (χ3v) is 4.12. The summed E-state index contributed by atoms with van der Waals surface area (Å²) < 4.78 is 13.1. The summed E-state index contributed by atoms with van der Waals surface area (Å²) in [5, 5.41) is 3.57. The summed E-state index contributed by atoms with van der Waals surface area (Å²) in [6.07, 6.45) is 5.17. The molecule has 0 aliphatic heterocycles. The second kappa shape index (κ2) is 7.85. The van der Waals surface area contributed by atoms with E-state index in [1.807, 2.05) is 0 Å². The molecule has 1 aliphatic rings. The van der Waals surface area contributed by atoms with Crippen molar-refractivity contribution in [3.8, 4) is 0 Å². The van der Waals surface area contributed by atoms with Crippen molar-refractivity contribution >= 4 is 0 Å². The summed E-state index contributed by atoms with van der Waals surface area (Å²) in [6, 6.07) is 3.50. The van der Waals surface area contributed by atoms with Crippen LogP contribution in [0.25, 0.3) is 0 Å². The van der Waals surface area contributed by atoms with Gasteiger partial charge in [-0.3, -0.25) is 4.98 Å². The zero-order valence-electron chi connectivity index (χ0n) is 13.5. The molecule has 0 radical (unpaired) electrons. The number of nitrogens with zero attached hydrogens (tertiary/aromatic N) is 2. The molecule has 1 N–H and O–H groups in total. The van der Waals surface area contributed by atoms with Crippen LogP contribution in [0, 0.1) is 17.7 Å². The molecule has 1 aromatic heterocycles. The Balaban J connectivity index is 1.97. The summed E-state index contributed by atoms with van der Waals surface area (Å²) in [6.45, 7) is 7.60.